The van der Waals surface area contributed by atoms with E-state index in [1.54, 1.807) is 11.8 Å². The summed E-state index contributed by atoms with van der Waals surface area (Å²) in [6.45, 7) is 2.18. The fourth-order valence-electron chi connectivity index (χ4n) is 6.25. The molecule has 1 amide bonds. The number of carbonyl (C=O) groups is 2. The van der Waals surface area contributed by atoms with Crippen LogP contribution in [-0.4, -0.2) is 40.9 Å². The van der Waals surface area contributed by atoms with Crippen LogP contribution < -0.4 is 5.32 Å². The van der Waals surface area contributed by atoms with Crippen molar-refractivity contribution in [3.05, 3.63) is 71.6 Å². The van der Waals surface area contributed by atoms with Gasteiger partial charge in [0.15, 0.2) is 0 Å². The van der Waals surface area contributed by atoms with Crippen molar-refractivity contribution in [2.45, 2.75) is 60.8 Å². The number of H-pyrrole nitrogens is 1. The van der Waals surface area contributed by atoms with Gasteiger partial charge >= 0.3 is 5.97 Å². The molecule has 0 radical (unpaired) electrons. The Balaban J connectivity index is 1.18. The Bertz CT molecular complexity index is 1530. The van der Waals surface area contributed by atoms with Crippen LogP contribution in [0.15, 0.2) is 75.1 Å². The predicted molar refractivity (Wildman–Crippen MR) is 154 cm³/mol. The summed E-state index contributed by atoms with van der Waals surface area (Å²) in [5.41, 5.74) is 2.62. The van der Waals surface area contributed by atoms with E-state index in [-0.39, 0.29) is 17.4 Å². The molecule has 3 aromatic rings. The summed E-state index contributed by atoms with van der Waals surface area (Å²) in [4.78, 5) is 32.3. The summed E-state index contributed by atoms with van der Waals surface area (Å²) < 4.78 is 5.08. The van der Waals surface area contributed by atoms with Gasteiger partial charge in [-0.05, 0) is 86.9 Å². The number of aromatic amines is 1. The van der Waals surface area contributed by atoms with Crippen molar-refractivity contribution in [1.82, 2.24) is 15.5 Å². The first-order valence-corrected chi connectivity index (χ1v) is 14.3. The Morgan fingerprint density at radius 3 is 2.74 bits per heavy atom. The van der Waals surface area contributed by atoms with Crippen molar-refractivity contribution < 1.29 is 14.3 Å². The number of aromatic nitrogens is 2. The highest BCUT2D eigenvalue weighted by Gasteiger charge is 2.59. The highest BCUT2D eigenvalue weighted by molar-refractivity contribution is 7.99. The fourth-order valence-corrected chi connectivity index (χ4v) is 7.23. The number of aliphatic imine (C=N–C) groups is 1. The molecule has 3 aliphatic rings. The number of esters is 1. The van der Waals surface area contributed by atoms with Gasteiger partial charge in [0.25, 0.3) is 5.91 Å². The van der Waals surface area contributed by atoms with Crippen molar-refractivity contribution in [1.29, 1.82) is 0 Å². The smallest absolute Gasteiger partial charge is 0.311 e. The summed E-state index contributed by atoms with van der Waals surface area (Å²) in [6, 6.07) is 13.9. The second-order valence-electron chi connectivity index (χ2n) is 11.0. The third kappa shape index (κ3) is 4.93. The quantitative estimate of drug-likeness (QED) is 0.342. The number of methoxy groups -OCH3 is 1. The van der Waals surface area contributed by atoms with Crippen LogP contribution >= 0.6 is 11.8 Å². The van der Waals surface area contributed by atoms with Crippen LogP contribution in [0.5, 0.6) is 0 Å². The number of carbonyl (C=O) groups excluding carboxylic acids is 2. The van der Waals surface area contributed by atoms with Crippen molar-refractivity contribution in [2.75, 3.05) is 7.11 Å². The Morgan fingerprint density at radius 2 is 1.95 bits per heavy atom. The topological polar surface area (TPSA) is 96.4 Å². The molecule has 2 fully saturated rings. The van der Waals surface area contributed by atoms with E-state index in [1.165, 1.54) is 7.11 Å². The minimum atomic E-state index is -0.442. The number of hydrogen-bond acceptors (Lipinski definition) is 6. The lowest BCUT2D eigenvalue weighted by Gasteiger charge is -2.28. The number of hydrogen-bond donors (Lipinski definition) is 2. The standard InChI is InChI=1S/C31H32N4O3S/c1-20-11-16-32-21(17-20)7-10-25-23-9-8-22(18-26(23)35-34-25)39-27-6-4-3-5-24(27)28(36)33-31-14-12-30(19-31,13-15-31)29(37)38-2/h3-10,16-18,20H,11-15,19H2,1-2H3,(H,33,36)(H,34,35)/b10-7+. The lowest BCUT2D eigenvalue weighted by atomic mass is 9.84. The zero-order chi connectivity index (χ0) is 27.0. The number of amides is 1. The molecule has 2 saturated carbocycles. The number of nitrogens with zero attached hydrogens (tertiary/aromatic N) is 2. The third-order valence-electron chi connectivity index (χ3n) is 8.35. The zero-order valence-corrected chi connectivity index (χ0v) is 23.0. The van der Waals surface area contributed by atoms with Gasteiger partial charge in [0, 0.05) is 26.9 Å². The van der Waals surface area contributed by atoms with E-state index in [0.29, 0.717) is 17.9 Å². The molecule has 2 aromatic carbocycles. The molecule has 2 heterocycles. The number of fused-ring (bicyclic) bond motifs is 3. The molecule has 2 N–H and O–H groups in total. The molecule has 200 valence electrons. The average molecular weight is 541 g/mol. The molecule has 0 saturated heterocycles. The molecular weight excluding hydrogens is 508 g/mol. The first kappa shape index (κ1) is 25.6. The maximum atomic E-state index is 13.5. The normalized spacial score (nSPS) is 25.8. The summed E-state index contributed by atoms with van der Waals surface area (Å²) >= 11 is 1.56. The average Bonchev–Trinajstić information content (AvgIpc) is 3.64. The molecule has 1 aliphatic heterocycles. The minimum Gasteiger partial charge on any atom is -0.469 e. The van der Waals surface area contributed by atoms with Crippen LogP contribution in [0.4, 0.5) is 0 Å². The van der Waals surface area contributed by atoms with E-state index in [1.807, 2.05) is 42.6 Å². The van der Waals surface area contributed by atoms with Gasteiger partial charge in [-0.1, -0.05) is 36.9 Å². The van der Waals surface area contributed by atoms with Gasteiger partial charge < -0.3 is 10.1 Å². The van der Waals surface area contributed by atoms with Crippen molar-refractivity contribution >= 4 is 46.8 Å². The maximum Gasteiger partial charge on any atom is 0.311 e. The van der Waals surface area contributed by atoms with Gasteiger partial charge in [0.05, 0.1) is 35.0 Å². The number of ether oxygens (including phenoxy) is 1. The lowest BCUT2D eigenvalue weighted by molar-refractivity contribution is -0.152. The number of benzene rings is 2. The molecule has 6 rings (SSSR count). The molecule has 0 spiro atoms. The molecule has 2 bridgehead atoms. The fraction of sp³-hybridized carbons (Fsp3) is 0.355. The third-order valence-corrected chi connectivity index (χ3v) is 9.41. The van der Waals surface area contributed by atoms with Crippen LogP contribution in [0.2, 0.25) is 0 Å². The molecule has 2 aliphatic carbocycles. The van der Waals surface area contributed by atoms with Crippen LogP contribution in [0.3, 0.4) is 0 Å². The molecule has 39 heavy (non-hydrogen) atoms. The largest absolute Gasteiger partial charge is 0.469 e. The zero-order valence-electron chi connectivity index (χ0n) is 22.2. The van der Waals surface area contributed by atoms with Crippen LogP contribution in [-0.2, 0) is 9.53 Å². The Labute approximate surface area is 232 Å². The SMILES string of the molecule is COC(=O)C12CCC(NC(=O)c3ccccc3Sc3ccc4c(/C=C/C5=CC(C)CC=N5)n[nH]c4c3)(CC1)C2. The molecule has 1 atom stereocenters. The highest BCUT2D eigenvalue weighted by atomic mass is 32.2. The number of rotatable bonds is 7. The number of allylic oxidation sites excluding steroid dienone is 2. The van der Waals surface area contributed by atoms with Gasteiger partial charge in [0.1, 0.15) is 0 Å². The first-order valence-electron chi connectivity index (χ1n) is 13.5. The van der Waals surface area contributed by atoms with Crippen molar-refractivity contribution in [2.24, 2.45) is 16.3 Å². The van der Waals surface area contributed by atoms with E-state index in [0.717, 1.165) is 64.2 Å². The number of nitrogens with one attached hydrogen (secondary N) is 2. The summed E-state index contributed by atoms with van der Waals surface area (Å²) in [5.74, 6) is 0.255. The Kier molecular flexibility index (Phi) is 6.67. The van der Waals surface area contributed by atoms with Crippen LogP contribution in [0.1, 0.15) is 61.5 Å². The molecule has 7 nitrogen and oxygen atoms in total. The molecule has 1 aromatic heterocycles. The van der Waals surface area contributed by atoms with Crippen LogP contribution in [0.25, 0.3) is 17.0 Å². The molecular formula is C31H32N4O3S. The minimum absolute atomic E-state index is 0.0929. The monoisotopic (exact) mass is 540 g/mol. The van der Waals surface area contributed by atoms with E-state index in [9.17, 15) is 9.59 Å². The first-order chi connectivity index (χ1) is 18.9. The van der Waals surface area contributed by atoms with E-state index in [4.69, 9.17) is 4.74 Å². The van der Waals surface area contributed by atoms with Crippen molar-refractivity contribution in [3.8, 4) is 0 Å². The summed E-state index contributed by atoms with van der Waals surface area (Å²) in [6.07, 6.45) is 12.9. The van der Waals surface area contributed by atoms with Crippen molar-refractivity contribution in [3.63, 3.8) is 0 Å². The molecule has 8 heteroatoms. The van der Waals surface area contributed by atoms with Gasteiger partial charge in [-0.2, -0.15) is 5.10 Å². The second-order valence-corrected chi connectivity index (χ2v) is 12.2. The maximum absolute atomic E-state index is 13.5. The van der Waals surface area contributed by atoms with E-state index in [2.05, 4.69) is 51.7 Å². The van der Waals surface area contributed by atoms with Gasteiger partial charge in [-0.15, -0.1) is 0 Å². The lowest BCUT2D eigenvalue weighted by Crippen LogP contribution is -2.45. The molecule has 1 unspecified atom stereocenters. The van der Waals surface area contributed by atoms with Crippen LogP contribution in [0, 0.1) is 11.3 Å². The highest BCUT2D eigenvalue weighted by Crippen LogP contribution is 2.57. The van der Waals surface area contributed by atoms with Gasteiger partial charge in [-0.3, -0.25) is 19.7 Å². The second kappa shape index (κ2) is 10.2. The van der Waals surface area contributed by atoms with Gasteiger partial charge in [0.2, 0.25) is 0 Å². The van der Waals surface area contributed by atoms with E-state index >= 15 is 0 Å². The van der Waals surface area contributed by atoms with Gasteiger partial charge in [-0.25, -0.2) is 0 Å². The summed E-state index contributed by atoms with van der Waals surface area (Å²) in [5, 5.41) is 12.0. The Morgan fingerprint density at radius 1 is 1.13 bits per heavy atom. The summed E-state index contributed by atoms with van der Waals surface area (Å²) in [7, 11) is 1.45. The Hall–Kier alpha value is -3.65. The predicted octanol–water partition coefficient (Wildman–Crippen LogP) is 6.33. The van der Waals surface area contributed by atoms with E-state index < -0.39 is 5.41 Å².